The third-order valence-corrected chi connectivity index (χ3v) is 6.89. The highest BCUT2D eigenvalue weighted by atomic mass is 16.5. The van der Waals surface area contributed by atoms with Crippen molar-refractivity contribution >= 4 is 5.82 Å². The lowest BCUT2D eigenvalue weighted by atomic mass is 9.97. The van der Waals surface area contributed by atoms with Crippen molar-refractivity contribution < 1.29 is 9.84 Å². The Balaban J connectivity index is 1.41. The number of aryl methyl sites for hydroxylation is 4. The van der Waals surface area contributed by atoms with Crippen LogP contribution in [0.5, 0.6) is 0 Å². The third kappa shape index (κ3) is 6.29. The number of aromatic nitrogens is 2. The Kier molecular flexibility index (Phi) is 7.96. The summed E-state index contributed by atoms with van der Waals surface area (Å²) in [6.45, 7) is 17.0. The van der Waals surface area contributed by atoms with E-state index in [-0.39, 0.29) is 6.10 Å². The number of piperazine rings is 1. The fourth-order valence-electron chi connectivity index (χ4n) is 4.95. The van der Waals surface area contributed by atoms with Gasteiger partial charge in [-0.05, 0) is 38.8 Å². The van der Waals surface area contributed by atoms with Crippen LogP contribution in [0.1, 0.15) is 33.8 Å². The minimum Gasteiger partial charge on any atom is -0.390 e. The zero-order valence-electron chi connectivity index (χ0n) is 20.7. The Labute approximate surface area is 198 Å². The fourth-order valence-corrected chi connectivity index (χ4v) is 4.95. The quantitative estimate of drug-likeness (QED) is 0.689. The maximum atomic E-state index is 10.6. The molecule has 4 rings (SSSR count). The van der Waals surface area contributed by atoms with Gasteiger partial charge in [0, 0.05) is 70.0 Å². The molecule has 1 aromatic heterocycles. The van der Waals surface area contributed by atoms with Crippen LogP contribution in [0.4, 0.5) is 5.82 Å². The zero-order chi connectivity index (χ0) is 23.4. The summed E-state index contributed by atoms with van der Waals surface area (Å²) in [7, 11) is 0. The number of aliphatic hydroxyl groups excluding tert-OH is 1. The number of hydrogen-bond acceptors (Lipinski definition) is 7. The van der Waals surface area contributed by atoms with Crippen LogP contribution in [0.2, 0.25) is 0 Å². The molecule has 0 radical (unpaired) electrons. The van der Waals surface area contributed by atoms with Crippen LogP contribution >= 0.6 is 0 Å². The highest BCUT2D eigenvalue weighted by molar-refractivity contribution is 5.52. The van der Waals surface area contributed by atoms with Crippen LogP contribution in [0.3, 0.4) is 0 Å². The fraction of sp³-hybridized carbons (Fsp3) is 0.615. The van der Waals surface area contributed by atoms with Crippen molar-refractivity contribution in [2.75, 3.05) is 70.5 Å². The van der Waals surface area contributed by atoms with Crippen molar-refractivity contribution in [3.8, 4) is 0 Å². The number of anilines is 1. The van der Waals surface area contributed by atoms with E-state index in [2.05, 4.69) is 53.7 Å². The average molecular weight is 454 g/mol. The molecule has 0 bridgehead atoms. The molecule has 2 fully saturated rings. The Morgan fingerprint density at radius 1 is 0.909 bits per heavy atom. The first kappa shape index (κ1) is 24.1. The lowest BCUT2D eigenvalue weighted by Crippen LogP contribution is -2.51. The molecule has 7 heteroatoms. The molecule has 2 aromatic rings. The van der Waals surface area contributed by atoms with Gasteiger partial charge < -0.3 is 14.7 Å². The Hall–Kier alpha value is -2.06. The molecule has 0 saturated carbocycles. The van der Waals surface area contributed by atoms with Crippen LogP contribution in [0.25, 0.3) is 0 Å². The highest BCUT2D eigenvalue weighted by Crippen LogP contribution is 2.26. The molecular formula is C26H39N5O2. The smallest absolute Gasteiger partial charge is 0.136 e. The van der Waals surface area contributed by atoms with Crippen LogP contribution in [0.15, 0.2) is 18.2 Å². The summed E-state index contributed by atoms with van der Waals surface area (Å²) in [6.07, 6.45) is 0.533. The molecule has 1 unspecified atom stereocenters. The Morgan fingerprint density at radius 2 is 1.58 bits per heavy atom. The van der Waals surface area contributed by atoms with Crippen molar-refractivity contribution in [3.05, 3.63) is 52.0 Å². The number of morpholine rings is 1. The molecule has 2 saturated heterocycles. The summed E-state index contributed by atoms with van der Waals surface area (Å²) in [4.78, 5) is 16.7. The molecule has 0 amide bonds. The second-order valence-corrected chi connectivity index (χ2v) is 9.62. The molecule has 180 valence electrons. The predicted molar refractivity (Wildman–Crippen MR) is 132 cm³/mol. The van der Waals surface area contributed by atoms with Crippen LogP contribution in [-0.4, -0.2) is 96.6 Å². The van der Waals surface area contributed by atoms with Crippen LogP contribution < -0.4 is 4.90 Å². The molecule has 7 nitrogen and oxygen atoms in total. The van der Waals surface area contributed by atoms with Crippen LogP contribution in [-0.2, 0) is 11.2 Å². The monoisotopic (exact) mass is 453 g/mol. The predicted octanol–water partition coefficient (Wildman–Crippen LogP) is 2.12. The Bertz CT molecular complexity index is 937. The highest BCUT2D eigenvalue weighted by Gasteiger charge is 2.24. The number of nitrogens with zero attached hydrogens (tertiary/aromatic N) is 5. The summed E-state index contributed by atoms with van der Waals surface area (Å²) < 4.78 is 5.41. The molecule has 2 aliphatic rings. The van der Waals surface area contributed by atoms with E-state index < -0.39 is 0 Å². The van der Waals surface area contributed by atoms with Gasteiger partial charge in [-0.2, -0.15) is 0 Å². The lowest BCUT2D eigenvalue weighted by molar-refractivity contribution is 0.00655. The number of β-amino-alcohol motifs (C(OH)–C–C–N with tert-alkyl or cyclic N) is 1. The van der Waals surface area contributed by atoms with Gasteiger partial charge in [0.2, 0.25) is 0 Å². The van der Waals surface area contributed by atoms with Gasteiger partial charge in [0.1, 0.15) is 11.6 Å². The Morgan fingerprint density at radius 3 is 2.27 bits per heavy atom. The first-order valence-corrected chi connectivity index (χ1v) is 12.2. The summed E-state index contributed by atoms with van der Waals surface area (Å²) in [5.74, 6) is 1.91. The minimum absolute atomic E-state index is 0.321. The summed E-state index contributed by atoms with van der Waals surface area (Å²) in [5.41, 5.74) is 6.24. The van der Waals surface area contributed by atoms with E-state index in [4.69, 9.17) is 14.7 Å². The van der Waals surface area contributed by atoms with E-state index in [1.54, 1.807) is 0 Å². The van der Waals surface area contributed by atoms with Gasteiger partial charge in [0.15, 0.2) is 0 Å². The molecule has 3 heterocycles. The molecule has 1 aromatic carbocycles. The normalized spacial score (nSPS) is 19.1. The first-order chi connectivity index (χ1) is 15.9. The molecule has 0 aliphatic carbocycles. The first-order valence-electron chi connectivity index (χ1n) is 12.2. The molecule has 33 heavy (non-hydrogen) atoms. The van der Waals surface area contributed by atoms with E-state index in [0.29, 0.717) is 0 Å². The van der Waals surface area contributed by atoms with E-state index in [1.807, 2.05) is 6.92 Å². The van der Waals surface area contributed by atoms with Gasteiger partial charge >= 0.3 is 0 Å². The molecule has 1 atom stereocenters. The maximum Gasteiger partial charge on any atom is 0.136 e. The van der Waals surface area contributed by atoms with Gasteiger partial charge in [0.05, 0.1) is 19.3 Å². The van der Waals surface area contributed by atoms with E-state index in [1.165, 1.54) is 22.3 Å². The maximum absolute atomic E-state index is 10.6. The van der Waals surface area contributed by atoms with E-state index in [9.17, 15) is 5.11 Å². The average Bonchev–Trinajstić information content (AvgIpc) is 2.79. The summed E-state index contributed by atoms with van der Waals surface area (Å²) >= 11 is 0. The second kappa shape index (κ2) is 10.9. The third-order valence-electron chi connectivity index (χ3n) is 6.89. The SMILES string of the molecule is Cc1ccc(C)c(Cc2c(C)nc(C)nc2N2CCN(CC(O)CN3CCOCC3)CC2)c1. The van der Waals surface area contributed by atoms with Crippen molar-refractivity contribution in [2.24, 2.45) is 0 Å². The molecular weight excluding hydrogens is 414 g/mol. The number of benzene rings is 1. The standard InChI is InChI=1S/C26H39N5O2/c1-19-5-6-20(2)23(15-19)16-25-21(3)27-22(4)28-26(25)31-9-7-29(8-10-31)17-24(32)18-30-11-13-33-14-12-30/h5-6,15,24,32H,7-14,16-18H2,1-4H3. The lowest BCUT2D eigenvalue weighted by Gasteiger charge is -2.38. The number of hydrogen-bond donors (Lipinski definition) is 1. The number of rotatable bonds is 7. The van der Waals surface area contributed by atoms with Gasteiger partial charge in [-0.25, -0.2) is 9.97 Å². The summed E-state index contributed by atoms with van der Waals surface area (Å²) in [6, 6.07) is 6.66. The van der Waals surface area contributed by atoms with Gasteiger partial charge in [0.25, 0.3) is 0 Å². The van der Waals surface area contributed by atoms with Crippen molar-refractivity contribution in [2.45, 2.75) is 40.2 Å². The molecule has 2 aliphatic heterocycles. The van der Waals surface area contributed by atoms with Gasteiger partial charge in [-0.1, -0.05) is 23.8 Å². The molecule has 1 N–H and O–H groups in total. The zero-order valence-corrected chi connectivity index (χ0v) is 20.7. The van der Waals surface area contributed by atoms with Crippen LogP contribution in [0, 0.1) is 27.7 Å². The minimum atomic E-state index is -0.321. The topological polar surface area (TPSA) is 65.0 Å². The van der Waals surface area contributed by atoms with Gasteiger partial charge in [-0.3, -0.25) is 9.80 Å². The number of ether oxygens (including phenoxy) is 1. The van der Waals surface area contributed by atoms with E-state index in [0.717, 1.165) is 89.3 Å². The second-order valence-electron chi connectivity index (χ2n) is 9.62. The largest absolute Gasteiger partial charge is 0.390 e. The summed E-state index contributed by atoms with van der Waals surface area (Å²) in [5, 5.41) is 10.6. The number of aliphatic hydroxyl groups is 1. The van der Waals surface area contributed by atoms with Crippen molar-refractivity contribution in [3.63, 3.8) is 0 Å². The molecule has 0 spiro atoms. The van der Waals surface area contributed by atoms with Gasteiger partial charge in [-0.15, -0.1) is 0 Å². The van der Waals surface area contributed by atoms with Crippen molar-refractivity contribution in [1.29, 1.82) is 0 Å². The van der Waals surface area contributed by atoms with E-state index >= 15 is 0 Å². The van der Waals surface area contributed by atoms with Crippen molar-refractivity contribution in [1.82, 2.24) is 19.8 Å².